The van der Waals surface area contributed by atoms with Crippen molar-refractivity contribution < 1.29 is 8.78 Å². The molecule has 0 aliphatic heterocycles. The van der Waals surface area contributed by atoms with Crippen LogP contribution in [0.25, 0.3) is 10.9 Å². The van der Waals surface area contributed by atoms with Gasteiger partial charge in [0.2, 0.25) is 0 Å². The first-order valence-corrected chi connectivity index (χ1v) is 6.70. The number of nitrogens with one attached hydrogen (secondary N) is 2. The minimum Gasteiger partial charge on any atom is -0.378 e. The third-order valence-corrected chi connectivity index (χ3v) is 3.57. The van der Waals surface area contributed by atoms with Gasteiger partial charge in [-0.1, -0.05) is 0 Å². The summed E-state index contributed by atoms with van der Waals surface area (Å²) in [6, 6.07) is 7.81. The highest BCUT2D eigenvalue weighted by Gasteiger charge is 2.14. The zero-order chi connectivity index (χ0) is 15.0. The maximum Gasteiger partial charge on any atom is 0.128 e. The molecule has 108 valence electrons. The lowest BCUT2D eigenvalue weighted by Gasteiger charge is -2.17. The number of anilines is 1. The SMILES string of the molecule is Cc1cc(F)c(C(C)Nc2ccc3[nH]ncc3c2)cc1F. The fourth-order valence-corrected chi connectivity index (χ4v) is 2.35. The standard InChI is InChI=1S/C16H15F2N3/c1-9-5-15(18)13(7-14(9)17)10(2)20-12-3-4-16-11(6-12)8-19-21-16/h3-8,10,20H,1-2H3,(H,19,21). The maximum atomic E-state index is 14.0. The molecule has 0 radical (unpaired) electrons. The molecule has 0 saturated carbocycles. The van der Waals surface area contributed by atoms with Crippen LogP contribution >= 0.6 is 0 Å². The van der Waals surface area contributed by atoms with Crippen LogP contribution < -0.4 is 5.32 Å². The van der Waals surface area contributed by atoms with E-state index in [1.54, 1.807) is 20.0 Å². The zero-order valence-corrected chi connectivity index (χ0v) is 11.7. The molecule has 3 nitrogen and oxygen atoms in total. The van der Waals surface area contributed by atoms with Gasteiger partial charge in [0.05, 0.1) is 17.8 Å². The van der Waals surface area contributed by atoms with Gasteiger partial charge in [0.1, 0.15) is 11.6 Å². The molecule has 1 atom stereocenters. The van der Waals surface area contributed by atoms with Crippen molar-refractivity contribution in [3.05, 3.63) is 59.3 Å². The van der Waals surface area contributed by atoms with Gasteiger partial charge in [-0.3, -0.25) is 5.10 Å². The number of aryl methyl sites for hydroxylation is 1. The van der Waals surface area contributed by atoms with E-state index in [9.17, 15) is 8.78 Å². The van der Waals surface area contributed by atoms with Crippen LogP contribution in [0.1, 0.15) is 24.1 Å². The Labute approximate surface area is 121 Å². The largest absolute Gasteiger partial charge is 0.378 e. The number of hydrogen-bond donors (Lipinski definition) is 2. The second-order valence-corrected chi connectivity index (χ2v) is 5.16. The Morgan fingerprint density at radius 1 is 1.14 bits per heavy atom. The van der Waals surface area contributed by atoms with E-state index in [1.807, 2.05) is 18.2 Å². The second-order valence-electron chi connectivity index (χ2n) is 5.16. The van der Waals surface area contributed by atoms with Crippen molar-refractivity contribution in [2.24, 2.45) is 0 Å². The average molecular weight is 287 g/mol. The van der Waals surface area contributed by atoms with E-state index in [4.69, 9.17) is 0 Å². The number of aromatic amines is 1. The molecule has 0 saturated heterocycles. The smallest absolute Gasteiger partial charge is 0.128 e. The average Bonchev–Trinajstić information content (AvgIpc) is 2.90. The van der Waals surface area contributed by atoms with Crippen molar-refractivity contribution in [3.63, 3.8) is 0 Å². The van der Waals surface area contributed by atoms with Gasteiger partial charge in [0.25, 0.3) is 0 Å². The Morgan fingerprint density at radius 3 is 2.76 bits per heavy atom. The van der Waals surface area contributed by atoms with E-state index in [2.05, 4.69) is 15.5 Å². The molecule has 5 heteroatoms. The predicted molar refractivity (Wildman–Crippen MR) is 79.2 cm³/mol. The molecule has 0 aliphatic carbocycles. The molecule has 2 N–H and O–H groups in total. The Morgan fingerprint density at radius 2 is 1.95 bits per heavy atom. The number of hydrogen-bond acceptors (Lipinski definition) is 2. The van der Waals surface area contributed by atoms with E-state index in [-0.39, 0.29) is 6.04 Å². The van der Waals surface area contributed by atoms with Gasteiger partial charge >= 0.3 is 0 Å². The van der Waals surface area contributed by atoms with Crippen LogP contribution in [0.4, 0.5) is 14.5 Å². The van der Waals surface area contributed by atoms with Crippen LogP contribution in [0.15, 0.2) is 36.5 Å². The number of halogens is 2. The summed E-state index contributed by atoms with van der Waals surface area (Å²) in [4.78, 5) is 0. The lowest BCUT2D eigenvalue weighted by molar-refractivity contribution is 0.571. The molecule has 0 spiro atoms. The van der Waals surface area contributed by atoms with Gasteiger partial charge in [-0.25, -0.2) is 8.78 Å². The summed E-state index contributed by atoms with van der Waals surface area (Å²) in [5.74, 6) is -0.802. The van der Waals surface area contributed by atoms with Crippen LogP contribution in [0.3, 0.4) is 0 Å². The van der Waals surface area contributed by atoms with Crippen LogP contribution in [0.5, 0.6) is 0 Å². The topological polar surface area (TPSA) is 40.7 Å². The van der Waals surface area contributed by atoms with Crippen molar-refractivity contribution in [1.82, 2.24) is 10.2 Å². The fraction of sp³-hybridized carbons (Fsp3) is 0.188. The monoisotopic (exact) mass is 287 g/mol. The van der Waals surface area contributed by atoms with E-state index < -0.39 is 11.6 Å². The molecule has 3 aromatic rings. The van der Waals surface area contributed by atoms with E-state index in [1.165, 1.54) is 12.1 Å². The molecule has 21 heavy (non-hydrogen) atoms. The van der Waals surface area contributed by atoms with Crippen LogP contribution in [0.2, 0.25) is 0 Å². The van der Waals surface area contributed by atoms with Gasteiger partial charge < -0.3 is 5.32 Å². The first-order valence-electron chi connectivity index (χ1n) is 6.70. The molecule has 0 bridgehead atoms. The van der Waals surface area contributed by atoms with Crippen molar-refractivity contribution in [3.8, 4) is 0 Å². The van der Waals surface area contributed by atoms with Crippen LogP contribution in [0, 0.1) is 18.6 Å². The molecular weight excluding hydrogens is 272 g/mol. The van der Waals surface area contributed by atoms with Crippen molar-refractivity contribution in [2.45, 2.75) is 19.9 Å². The molecule has 0 fully saturated rings. The van der Waals surface area contributed by atoms with Crippen molar-refractivity contribution in [1.29, 1.82) is 0 Å². The molecule has 1 unspecified atom stereocenters. The minimum absolute atomic E-state index is 0.309. The molecule has 1 aromatic heterocycles. The lowest BCUT2D eigenvalue weighted by atomic mass is 10.0. The Balaban J connectivity index is 1.88. The number of benzene rings is 2. The Bertz CT molecular complexity index is 795. The highest BCUT2D eigenvalue weighted by molar-refractivity contribution is 5.81. The summed E-state index contributed by atoms with van der Waals surface area (Å²) < 4.78 is 27.6. The molecule has 0 amide bonds. The quantitative estimate of drug-likeness (QED) is 0.753. The summed E-state index contributed by atoms with van der Waals surface area (Å²) in [5.41, 5.74) is 2.38. The van der Waals surface area contributed by atoms with Crippen LogP contribution in [-0.2, 0) is 0 Å². The minimum atomic E-state index is -0.404. The number of aromatic nitrogens is 2. The van der Waals surface area contributed by atoms with Crippen molar-refractivity contribution >= 4 is 16.6 Å². The summed E-state index contributed by atoms with van der Waals surface area (Å²) in [6.45, 7) is 3.35. The van der Waals surface area contributed by atoms with Crippen molar-refractivity contribution in [2.75, 3.05) is 5.32 Å². The molecular formula is C16H15F2N3. The first kappa shape index (κ1) is 13.5. The summed E-state index contributed by atoms with van der Waals surface area (Å²) in [6.07, 6.45) is 1.72. The second kappa shape index (κ2) is 5.16. The number of H-pyrrole nitrogens is 1. The van der Waals surface area contributed by atoms with E-state index in [0.717, 1.165) is 16.6 Å². The first-order chi connectivity index (χ1) is 10.0. The summed E-state index contributed by atoms with van der Waals surface area (Å²) >= 11 is 0. The highest BCUT2D eigenvalue weighted by atomic mass is 19.1. The zero-order valence-electron chi connectivity index (χ0n) is 11.7. The lowest BCUT2D eigenvalue weighted by Crippen LogP contribution is -2.09. The number of nitrogens with zero attached hydrogens (tertiary/aromatic N) is 1. The van der Waals surface area contributed by atoms with Gasteiger partial charge in [0.15, 0.2) is 0 Å². The normalized spacial score (nSPS) is 12.6. The third kappa shape index (κ3) is 2.59. The Kier molecular flexibility index (Phi) is 3.33. The van der Waals surface area contributed by atoms with E-state index >= 15 is 0 Å². The molecule has 2 aromatic carbocycles. The van der Waals surface area contributed by atoms with Gasteiger partial charge in [-0.15, -0.1) is 0 Å². The van der Waals surface area contributed by atoms with Gasteiger partial charge in [-0.2, -0.15) is 5.10 Å². The van der Waals surface area contributed by atoms with Crippen LogP contribution in [-0.4, -0.2) is 10.2 Å². The summed E-state index contributed by atoms with van der Waals surface area (Å²) in [7, 11) is 0. The molecule has 3 rings (SSSR count). The van der Waals surface area contributed by atoms with E-state index in [0.29, 0.717) is 11.1 Å². The Hall–Kier alpha value is -2.43. The number of fused-ring (bicyclic) bond motifs is 1. The number of rotatable bonds is 3. The van der Waals surface area contributed by atoms with Gasteiger partial charge in [-0.05, 0) is 49.7 Å². The highest BCUT2D eigenvalue weighted by Crippen LogP contribution is 2.25. The van der Waals surface area contributed by atoms with Gasteiger partial charge in [0, 0.05) is 16.6 Å². The predicted octanol–water partition coefficient (Wildman–Crippen LogP) is 4.32. The summed E-state index contributed by atoms with van der Waals surface area (Å²) in [5, 5.41) is 11.0. The molecule has 0 aliphatic rings. The molecule has 1 heterocycles. The maximum absolute atomic E-state index is 14.0. The fourth-order valence-electron chi connectivity index (χ4n) is 2.35. The third-order valence-electron chi connectivity index (χ3n) is 3.57.